The Kier molecular flexibility index (Phi) is 4.63. The van der Waals surface area contributed by atoms with E-state index in [1.54, 1.807) is 0 Å². The zero-order chi connectivity index (χ0) is 14.0. The van der Waals surface area contributed by atoms with E-state index in [0.29, 0.717) is 5.92 Å². The highest BCUT2D eigenvalue weighted by Gasteiger charge is 2.27. The van der Waals surface area contributed by atoms with Crippen molar-refractivity contribution in [2.24, 2.45) is 5.73 Å². The first-order valence-electron chi connectivity index (χ1n) is 7.50. The fourth-order valence-corrected chi connectivity index (χ4v) is 2.98. The van der Waals surface area contributed by atoms with E-state index in [4.69, 9.17) is 10.8 Å². The normalized spacial score (nSPS) is 19.2. The van der Waals surface area contributed by atoms with E-state index >= 15 is 0 Å². The van der Waals surface area contributed by atoms with E-state index in [0.717, 1.165) is 32.4 Å². The fraction of sp³-hybridized carbons (Fsp3) is 0.800. The molecular weight excluding hydrogens is 236 g/mol. The summed E-state index contributed by atoms with van der Waals surface area (Å²) < 4.78 is 2.23. The van der Waals surface area contributed by atoms with Crippen LogP contribution in [-0.2, 0) is 13.0 Å². The van der Waals surface area contributed by atoms with Crippen molar-refractivity contribution >= 4 is 0 Å². The molecule has 0 saturated carbocycles. The van der Waals surface area contributed by atoms with Crippen LogP contribution in [0, 0.1) is 0 Å². The van der Waals surface area contributed by atoms with Crippen molar-refractivity contribution in [1.82, 2.24) is 14.7 Å². The Hall–Kier alpha value is -0.870. The molecule has 1 aromatic heterocycles. The molecule has 108 valence electrons. The SMILES string of the molecule is CC(C)c1nn(CCCN(C)C)c2c1C(N)CCC2. The van der Waals surface area contributed by atoms with Gasteiger partial charge in [0.05, 0.1) is 5.69 Å². The molecule has 1 aliphatic rings. The Bertz CT molecular complexity index is 420. The molecule has 1 aliphatic carbocycles. The monoisotopic (exact) mass is 264 g/mol. The third-order valence-electron chi connectivity index (χ3n) is 3.95. The summed E-state index contributed by atoms with van der Waals surface area (Å²) in [6, 6.07) is 0.198. The van der Waals surface area contributed by atoms with Gasteiger partial charge in [-0.2, -0.15) is 5.10 Å². The van der Waals surface area contributed by atoms with Crippen molar-refractivity contribution in [3.05, 3.63) is 17.0 Å². The molecule has 2 N–H and O–H groups in total. The molecule has 1 unspecified atom stereocenters. The van der Waals surface area contributed by atoms with Crippen molar-refractivity contribution < 1.29 is 0 Å². The molecule has 2 rings (SSSR count). The lowest BCUT2D eigenvalue weighted by Gasteiger charge is -2.21. The number of hydrogen-bond acceptors (Lipinski definition) is 3. The van der Waals surface area contributed by atoms with E-state index in [-0.39, 0.29) is 6.04 Å². The van der Waals surface area contributed by atoms with Gasteiger partial charge in [-0.25, -0.2) is 0 Å². The van der Waals surface area contributed by atoms with Gasteiger partial charge in [0.2, 0.25) is 0 Å². The molecule has 0 radical (unpaired) electrons. The number of nitrogens with two attached hydrogens (primary N) is 1. The molecule has 0 fully saturated rings. The van der Waals surface area contributed by atoms with Gasteiger partial charge in [0.25, 0.3) is 0 Å². The van der Waals surface area contributed by atoms with Crippen molar-refractivity contribution in [3.8, 4) is 0 Å². The highest BCUT2D eigenvalue weighted by Crippen LogP contribution is 2.34. The van der Waals surface area contributed by atoms with Gasteiger partial charge in [0.15, 0.2) is 0 Å². The molecule has 0 aromatic carbocycles. The van der Waals surface area contributed by atoms with E-state index in [1.165, 1.54) is 23.4 Å². The van der Waals surface area contributed by atoms with Crippen LogP contribution in [0.15, 0.2) is 0 Å². The molecule has 4 nitrogen and oxygen atoms in total. The van der Waals surface area contributed by atoms with E-state index in [9.17, 15) is 0 Å². The Morgan fingerprint density at radius 3 is 2.79 bits per heavy atom. The molecule has 0 bridgehead atoms. The Balaban J connectivity index is 2.22. The Labute approximate surface area is 117 Å². The van der Waals surface area contributed by atoms with Crippen molar-refractivity contribution in [3.63, 3.8) is 0 Å². The maximum atomic E-state index is 6.31. The van der Waals surface area contributed by atoms with Gasteiger partial charge in [-0.15, -0.1) is 0 Å². The minimum absolute atomic E-state index is 0.198. The maximum absolute atomic E-state index is 6.31. The average molecular weight is 264 g/mol. The second-order valence-corrected chi connectivity index (χ2v) is 6.28. The average Bonchev–Trinajstić information content (AvgIpc) is 2.69. The summed E-state index contributed by atoms with van der Waals surface area (Å²) in [5.41, 5.74) is 10.3. The lowest BCUT2D eigenvalue weighted by molar-refractivity contribution is 0.376. The second kappa shape index (κ2) is 6.06. The van der Waals surface area contributed by atoms with Crippen LogP contribution in [0.5, 0.6) is 0 Å². The number of aryl methyl sites for hydroxylation is 1. The van der Waals surface area contributed by atoms with Gasteiger partial charge in [-0.3, -0.25) is 4.68 Å². The standard InChI is InChI=1S/C15H28N4/c1-11(2)15-14-12(16)7-5-8-13(14)19(17-15)10-6-9-18(3)4/h11-12H,5-10,16H2,1-4H3. The van der Waals surface area contributed by atoms with Gasteiger partial charge < -0.3 is 10.6 Å². The Morgan fingerprint density at radius 2 is 2.16 bits per heavy atom. The largest absolute Gasteiger partial charge is 0.324 e. The number of hydrogen-bond donors (Lipinski definition) is 1. The first-order chi connectivity index (χ1) is 9.00. The van der Waals surface area contributed by atoms with Crippen molar-refractivity contribution in [2.45, 2.75) is 58.0 Å². The molecule has 19 heavy (non-hydrogen) atoms. The van der Waals surface area contributed by atoms with E-state index < -0.39 is 0 Å². The lowest BCUT2D eigenvalue weighted by Crippen LogP contribution is -2.20. The molecule has 1 heterocycles. The summed E-state index contributed by atoms with van der Waals surface area (Å²) in [6.45, 7) is 6.56. The second-order valence-electron chi connectivity index (χ2n) is 6.28. The summed E-state index contributed by atoms with van der Waals surface area (Å²) >= 11 is 0. The van der Waals surface area contributed by atoms with Crippen LogP contribution in [0.1, 0.15) is 62.0 Å². The third kappa shape index (κ3) is 3.18. The van der Waals surface area contributed by atoms with Crippen LogP contribution >= 0.6 is 0 Å². The highest BCUT2D eigenvalue weighted by molar-refractivity contribution is 5.33. The summed E-state index contributed by atoms with van der Waals surface area (Å²) in [4.78, 5) is 2.23. The molecule has 0 aliphatic heterocycles. The molecular formula is C15H28N4. The maximum Gasteiger partial charge on any atom is 0.0700 e. The number of rotatable bonds is 5. The quantitative estimate of drug-likeness (QED) is 0.887. The number of aromatic nitrogens is 2. The zero-order valence-corrected chi connectivity index (χ0v) is 12.8. The van der Waals surface area contributed by atoms with Crippen LogP contribution in [0.25, 0.3) is 0 Å². The summed E-state index contributed by atoms with van der Waals surface area (Å²) in [7, 11) is 4.24. The molecule has 1 atom stereocenters. The van der Waals surface area contributed by atoms with E-state index in [2.05, 4.69) is 37.5 Å². The predicted molar refractivity (Wildman–Crippen MR) is 79.4 cm³/mol. The zero-order valence-electron chi connectivity index (χ0n) is 12.8. The summed E-state index contributed by atoms with van der Waals surface area (Å²) in [6.07, 6.45) is 4.60. The topological polar surface area (TPSA) is 47.1 Å². The molecule has 1 aromatic rings. The first kappa shape index (κ1) is 14.5. The van der Waals surface area contributed by atoms with Gasteiger partial charge in [0, 0.05) is 23.8 Å². The first-order valence-corrected chi connectivity index (χ1v) is 7.50. The van der Waals surface area contributed by atoms with Crippen molar-refractivity contribution in [1.29, 1.82) is 0 Å². The molecule has 0 amide bonds. The van der Waals surface area contributed by atoms with Gasteiger partial charge in [0.1, 0.15) is 0 Å². The van der Waals surface area contributed by atoms with Crippen LogP contribution in [-0.4, -0.2) is 35.3 Å². The smallest absolute Gasteiger partial charge is 0.0700 e. The molecule has 0 spiro atoms. The van der Waals surface area contributed by atoms with Gasteiger partial charge in [-0.1, -0.05) is 13.8 Å². The highest BCUT2D eigenvalue weighted by atomic mass is 15.3. The fourth-order valence-electron chi connectivity index (χ4n) is 2.98. The van der Waals surface area contributed by atoms with Crippen LogP contribution in [0.3, 0.4) is 0 Å². The summed E-state index contributed by atoms with van der Waals surface area (Å²) in [5, 5.41) is 4.86. The molecule has 0 saturated heterocycles. The summed E-state index contributed by atoms with van der Waals surface area (Å²) in [5.74, 6) is 0.466. The Morgan fingerprint density at radius 1 is 1.42 bits per heavy atom. The van der Waals surface area contributed by atoms with Gasteiger partial charge in [-0.05, 0) is 52.2 Å². The van der Waals surface area contributed by atoms with Crippen LogP contribution < -0.4 is 5.73 Å². The van der Waals surface area contributed by atoms with Crippen LogP contribution in [0.2, 0.25) is 0 Å². The minimum Gasteiger partial charge on any atom is -0.324 e. The number of fused-ring (bicyclic) bond motifs is 1. The van der Waals surface area contributed by atoms with Gasteiger partial charge >= 0.3 is 0 Å². The number of nitrogens with zero attached hydrogens (tertiary/aromatic N) is 3. The third-order valence-corrected chi connectivity index (χ3v) is 3.95. The van der Waals surface area contributed by atoms with Crippen molar-refractivity contribution in [2.75, 3.05) is 20.6 Å². The minimum atomic E-state index is 0.198. The van der Waals surface area contributed by atoms with Crippen LogP contribution in [0.4, 0.5) is 0 Å². The van der Waals surface area contributed by atoms with E-state index in [1.807, 2.05) is 0 Å². The predicted octanol–water partition coefficient (Wildman–Crippen LogP) is 2.29. The molecule has 4 heteroatoms. The lowest BCUT2D eigenvalue weighted by atomic mass is 9.89.